The molecule has 1 rings (SSSR count). The quantitative estimate of drug-likeness (QED) is 0.180. The van der Waals surface area contributed by atoms with Crippen molar-refractivity contribution < 1.29 is 14.3 Å². The van der Waals surface area contributed by atoms with Crippen LogP contribution in [0.15, 0.2) is 0 Å². The molecule has 0 bridgehead atoms. The molecule has 0 spiro atoms. The molecule has 1 atom stereocenters. The van der Waals surface area contributed by atoms with Crippen molar-refractivity contribution in [3.05, 3.63) is 0 Å². The average molecular weight is 398 g/mol. The van der Waals surface area contributed by atoms with Gasteiger partial charge in [-0.2, -0.15) is 0 Å². The van der Waals surface area contributed by atoms with Crippen molar-refractivity contribution in [1.29, 1.82) is 0 Å². The highest BCUT2D eigenvalue weighted by atomic mass is 16.7. The van der Waals surface area contributed by atoms with Gasteiger partial charge in [-0.05, 0) is 6.42 Å². The molecular weight excluding hydrogens is 350 g/mol. The lowest BCUT2D eigenvalue weighted by molar-refractivity contribution is -0.173. The molecule has 1 heterocycles. The predicted octanol–water partition coefficient (Wildman–Crippen LogP) is 6.86. The number of ether oxygens (including phenoxy) is 2. The van der Waals surface area contributed by atoms with Crippen molar-refractivity contribution in [3.63, 3.8) is 0 Å². The molecule has 0 radical (unpaired) electrons. The lowest BCUT2D eigenvalue weighted by Gasteiger charge is -2.10. The van der Waals surface area contributed by atoms with Gasteiger partial charge in [-0.25, -0.2) is 0 Å². The first-order valence-corrected chi connectivity index (χ1v) is 12.4. The minimum absolute atomic E-state index is 0.143. The summed E-state index contributed by atoms with van der Waals surface area (Å²) in [6.07, 6.45) is 24.5. The second-order valence-electron chi connectivity index (χ2n) is 8.41. The number of unbranched alkanes of at least 4 members (excludes halogenated alkanes) is 17. The predicted molar refractivity (Wildman–Crippen MR) is 117 cm³/mol. The zero-order valence-corrected chi connectivity index (χ0v) is 18.7. The van der Waals surface area contributed by atoms with Gasteiger partial charge in [0, 0.05) is 13.0 Å². The van der Waals surface area contributed by atoms with Crippen molar-refractivity contribution in [3.8, 4) is 0 Å². The van der Waals surface area contributed by atoms with Gasteiger partial charge in [0.2, 0.25) is 0 Å². The van der Waals surface area contributed by atoms with Crippen LogP contribution in [0.3, 0.4) is 0 Å². The zero-order valence-electron chi connectivity index (χ0n) is 18.7. The molecule has 1 aliphatic heterocycles. The Hall–Kier alpha value is -0.610. The Morgan fingerprint density at radius 3 is 1.57 bits per heavy atom. The Balaban J connectivity index is 1.68. The first kappa shape index (κ1) is 25.4. The minimum Gasteiger partial charge on any atom is -0.421 e. The summed E-state index contributed by atoms with van der Waals surface area (Å²) in [4.78, 5) is 11.6. The van der Waals surface area contributed by atoms with Crippen LogP contribution >= 0.6 is 0 Å². The van der Waals surface area contributed by atoms with E-state index >= 15 is 0 Å². The standard InChI is InChI=1S/C24H47NO3/c1-2-3-4-5-6-7-8-9-10-11-12-13-14-15-16-17-18-19-20-23(26)28-24-25-21-22-27-24/h24-25H,2-22H2,1H3. The number of rotatable bonds is 20. The van der Waals surface area contributed by atoms with Crippen LogP contribution in [0.25, 0.3) is 0 Å². The lowest BCUT2D eigenvalue weighted by Crippen LogP contribution is -2.28. The van der Waals surface area contributed by atoms with Crippen LogP contribution in [0.1, 0.15) is 129 Å². The third-order valence-electron chi connectivity index (χ3n) is 5.66. The smallest absolute Gasteiger partial charge is 0.309 e. The first-order chi connectivity index (χ1) is 13.8. The van der Waals surface area contributed by atoms with Crippen molar-refractivity contribution in [1.82, 2.24) is 5.32 Å². The van der Waals surface area contributed by atoms with E-state index in [1.807, 2.05) is 0 Å². The fourth-order valence-corrected chi connectivity index (χ4v) is 3.83. The molecule has 1 aliphatic rings. The Labute approximate surface area is 174 Å². The summed E-state index contributed by atoms with van der Waals surface area (Å²) in [7, 11) is 0. The van der Waals surface area contributed by atoms with Gasteiger partial charge in [0.05, 0.1) is 6.61 Å². The van der Waals surface area contributed by atoms with Gasteiger partial charge < -0.3 is 9.47 Å². The molecule has 28 heavy (non-hydrogen) atoms. The maximum absolute atomic E-state index is 11.6. The molecule has 0 aromatic carbocycles. The lowest BCUT2D eigenvalue weighted by atomic mass is 10.0. The number of nitrogens with one attached hydrogen (secondary N) is 1. The van der Waals surface area contributed by atoms with Gasteiger partial charge in [0.15, 0.2) is 0 Å². The number of esters is 1. The molecule has 4 nitrogen and oxygen atoms in total. The normalized spacial score (nSPS) is 16.5. The van der Waals surface area contributed by atoms with E-state index < -0.39 is 6.41 Å². The van der Waals surface area contributed by atoms with E-state index in [4.69, 9.17) is 9.47 Å². The summed E-state index contributed by atoms with van der Waals surface area (Å²) >= 11 is 0. The van der Waals surface area contributed by atoms with Crippen LogP contribution < -0.4 is 5.32 Å². The maximum Gasteiger partial charge on any atom is 0.309 e. The molecule has 0 aliphatic carbocycles. The molecule has 1 unspecified atom stereocenters. The van der Waals surface area contributed by atoms with Crippen molar-refractivity contribution in [2.24, 2.45) is 0 Å². The van der Waals surface area contributed by atoms with Gasteiger partial charge in [-0.1, -0.05) is 116 Å². The Morgan fingerprint density at radius 2 is 1.18 bits per heavy atom. The topological polar surface area (TPSA) is 47.6 Å². The Kier molecular flexibility index (Phi) is 17.9. The van der Waals surface area contributed by atoms with Gasteiger partial charge in [0.25, 0.3) is 6.41 Å². The van der Waals surface area contributed by atoms with E-state index in [-0.39, 0.29) is 5.97 Å². The van der Waals surface area contributed by atoms with E-state index in [9.17, 15) is 4.79 Å². The van der Waals surface area contributed by atoms with Gasteiger partial charge in [0.1, 0.15) is 0 Å². The van der Waals surface area contributed by atoms with Crippen LogP contribution in [0.5, 0.6) is 0 Å². The van der Waals surface area contributed by atoms with E-state index in [0.29, 0.717) is 13.0 Å². The summed E-state index contributed by atoms with van der Waals surface area (Å²) in [5.41, 5.74) is 0. The van der Waals surface area contributed by atoms with Crippen LogP contribution in [0, 0.1) is 0 Å². The average Bonchev–Trinajstić information content (AvgIpc) is 3.20. The van der Waals surface area contributed by atoms with Crippen LogP contribution in [0.4, 0.5) is 0 Å². The third kappa shape index (κ3) is 16.4. The summed E-state index contributed by atoms with van der Waals surface area (Å²) in [6.45, 7) is 3.67. The minimum atomic E-state index is -0.511. The molecule has 0 saturated carbocycles. The number of carbonyl (C=O) groups excluding carboxylic acids is 1. The number of carbonyl (C=O) groups is 1. The fraction of sp³-hybridized carbons (Fsp3) is 0.958. The Bertz CT molecular complexity index is 343. The highest BCUT2D eigenvalue weighted by molar-refractivity contribution is 5.69. The number of hydrogen-bond donors (Lipinski definition) is 1. The van der Waals surface area contributed by atoms with Crippen LogP contribution in [0.2, 0.25) is 0 Å². The Morgan fingerprint density at radius 1 is 0.750 bits per heavy atom. The molecule has 166 valence electrons. The van der Waals surface area contributed by atoms with E-state index in [1.165, 1.54) is 103 Å². The van der Waals surface area contributed by atoms with E-state index in [2.05, 4.69) is 12.2 Å². The molecule has 0 amide bonds. The summed E-state index contributed by atoms with van der Waals surface area (Å²) in [5, 5.41) is 2.98. The molecule has 4 heteroatoms. The van der Waals surface area contributed by atoms with Crippen LogP contribution in [-0.4, -0.2) is 25.5 Å². The molecule has 1 saturated heterocycles. The second kappa shape index (κ2) is 19.7. The highest BCUT2D eigenvalue weighted by Gasteiger charge is 2.18. The molecule has 1 fully saturated rings. The SMILES string of the molecule is CCCCCCCCCCCCCCCCCCCCC(=O)OC1NCCO1. The number of hydrogen-bond acceptors (Lipinski definition) is 4. The summed E-state index contributed by atoms with van der Waals surface area (Å²) < 4.78 is 10.4. The van der Waals surface area contributed by atoms with E-state index in [0.717, 1.165) is 19.4 Å². The van der Waals surface area contributed by atoms with Gasteiger partial charge in [-0.3, -0.25) is 10.1 Å². The second-order valence-corrected chi connectivity index (χ2v) is 8.41. The molecular formula is C24H47NO3. The largest absolute Gasteiger partial charge is 0.421 e. The zero-order chi connectivity index (χ0) is 20.1. The fourth-order valence-electron chi connectivity index (χ4n) is 3.83. The molecule has 0 aromatic heterocycles. The van der Waals surface area contributed by atoms with Crippen molar-refractivity contribution >= 4 is 5.97 Å². The highest BCUT2D eigenvalue weighted by Crippen LogP contribution is 2.14. The first-order valence-electron chi connectivity index (χ1n) is 12.4. The van der Waals surface area contributed by atoms with Gasteiger partial charge >= 0.3 is 5.97 Å². The van der Waals surface area contributed by atoms with Gasteiger partial charge in [-0.15, -0.1) is 0 Å². The molecule has 0 aromatic rings. The van der Waals surface area contributed by atoms with Crippen molar-refractivity contribution in [2.45, 2.75) is 135 Å². The van der Waals surface area contributed by atoms with Crippen molar-refractivity contribution in [2.75, 3.05) is 13.2 Å². The summed E-state index contributed by atoms with van der Waals surface area (Å²) in [6, 6.07) is 0. The van der Waals surface area contributed by atoms with Crippen LogP contribution in [-0.2, 0) is 14.3 Å². The maximum atomic E-state index is 11.6. The molecule has 1 N–H and O–H groups in total. The summed E-state index contributed by atoms with van der Waals surface area (Å²) in [5.74, 6) is -0.143. The van der Waals surface area contributed by atoms with E-state index in [1.54, 1.807) is 0 Å². The monoisotopic (exact) mass is 397 g/mol. The third-order valence-corrected chi connectivity index (χ3v) is 5.66.